The molecule has 4 rings (SSSR count). The van der Waals surface area contributed by atoms with Crippen molar-refractivity contribution in [1.82, 2.24) is 40.9 Å². The van der Waals surface area contributed by atoms with Crippen LogP contribution < -0.4 is 21.3 Å². The number of likely N-dealkylation sites (N-methyl/N-ethyl adjacent to an activating group) is 2. The minimum atomic E-state index is -0.498. The fourth-order valence-electron chi connectivity index (χ4n) is 3.91. The van der Waals surface area contributed by atoms with Crippen LogP contribution in [-0.4, -0.2) is 95.1 Å². The molecule has 0 aromatic rings. The first-order valence-electron chi connectivity index (χ1n) is 8.02. The molecular weight excluding hydrogens is 332 g/mol. The number of nitrogens with zero attached hydrogens (tertiary/aromatic N) is 4. The number of carbonyl (C=O) groups excluding carboxylic acids is 4. The van der Waals surface area contributed by atoms with Gasteiger partial charge in [-0.2, -0.15) is 0 Å². The predicted molar refractivity (Wildman–Crippen MR) is 82.8 cm³/mol. The smallest absolute Gasteiger partial charge is 0.314 e. The van der Waals surface area contributed by atoms with Crippen molar-refractivity contribution in [2.24, 2.45) is 0 Å². The molecule has 136 valence electrons. The zero-order chi connectivity index (χ0) is 18.0. The molecule has 0 aromatic heterocycles. The van der Waals surface area contributed by atoms with E-state index >= 15 is 0 Å². The first kappa shape index (κ1) is 15.6. The highest BCUT2D eigenvalue weighted by atomic mass is 16.2. The summed E-state index contributed by atoms with van der Waals surface area (Å²) in [5.41, 5.74) is 0. The molecule has 25 heavy (non-hydrogen) atoms. The van der Waals surface area contributed by atoms with E-state index < -0.39 is 24.7 Å². The van der Waals surface area contributed by atoms with Crippen LogP contribution in [0.3, 0.4) is 0 Å². The molecule has 5 unspecified atom stereocenters. The van der Waals surface area contributed by atoms with Crippen LogP contribution in [0, 0.1) is 0 Å². The van der Waals surface area contributed by atoms with E-state index in [-0.39, 0.29) is 36.7 Å². The monoisotopic (exact) mass is 352 g/mol. The maximum absolute atomic E-state index is 12.5. The molecule has 4 aliphatic heterocycles. The Balaban J connectivity index is 1.53. The number of hydrogen-bond acceptors (Lipinski definition) is 4. The molecule has 4 saturated heterocycles. The van der Waals surface area contributed by atoms with Crippen LogP contribution in [-0.2, 0) is 0 Å². The SMILES string of the molecule is CC(CN1C(=O)N(C)C2NC(=O)NC21)N1C(=O)N(C)C2NC(=O)NC21. The van der Waals surface area contributed by atoms with Gasteiger partial charge in [0.15, 0.2) is 0 Å². The van der Waals surface area contributed by atoms with Gasteiger partial charge in [0.1, 0.15) is 24.7 Å². The summed E-state index contributed by atoms with van der Waals surface area (Å²) in [7, 11) is 3.23. The molecule has 0 saturated carbocycles. The first-order chi connectivity index (χ1) is 11.8. The van der Waals surface area contributed by atoms with Gasteiger partial charge in [-0.05, 0) is 6.92 Å². The molecule has 0 aliphatic carbocycles. The highest BCUT2D eigenvalue weighted by Gasteiger charge is 2.54. The molecule has 0 spiro atoms. The molecule has 0 aromatic carbocycles. The molecule has 4 aliphatic rings. The molecule has 4 fully saturated rings. The summed E-state index contributed by atoms with van der Waals surface area (Å²) < 4.78 is 0. The summed E-state index contributed by atoms with van der Waals surface area (Å²) in [6.45, 7) is 2.04. The van der Waals surface area contributed by atoms with Gasteiger partial charge in [0.2, 0.25) is 0 Å². The van der Waals surface area contributed by atoms with E-state index in [4.69, 9.17) is 0 Å². The van der Waals surface area contributed by atoms with Crippen molar-refractivity contribution >= 4 is 24.1 Å². The molecule has 0 radical (unpaired) electrons. The number of amides is 8. The fourth-order valence-corrected chi connectivity index (χ4v) is 3.91. The van der Waals surface area contributed by atoms with Gasteiger partial charge in [0, 0.05) is 20.6 Å². The zero-order valence-corrected chi connectivity index (χ0v) is 14.0. The van der Waals surface area contributed by atoms with Crippen molar-refractivity contribution in [3.8, 4) is 0 Å². The van der Waals surface area contributed by atoms with Gasteiger partial charge in [-0.25, -0.2) is 19.2 Å². The van der Waals surface area contributed by atoms with E-state index in [0.29, 0.717) is 0 Å². The summed E-state index contributed by atoms with van der Waals surface area (Å²) in [5, 5.41) is 10.8. The highest BCUT2D eigenvalue weighted by molar-refractivity contribution is 5.86. The quantitative estimate of drug-likeness (QED) is 0.470. The van der Waals surface area contributed by atoms with E-state index in [1.807, 2.05) is 6.92 Å². The van der Waals surface area contributed by atoms with Gasteiger partial charge in [0.05, 0.1) is 6.04 Å². The van der Waals surface area contributed by atoms with Crippen molar-refractivity contribution in [2.75, 3.05) is 20.6 Å². The Morgan fingerprint density at radius 3 is 1.92 bits per heavy atom. The summed E-state index contributed by atoms with van der Waals surface area (Å²) >= 11 is 0. The van der Waals surface area contributed by atoms with E-state index in [9.17, 15) is 19.2 Å². The summed E-state index contributed by atoms with van der Waals surface area (Å²) in [4.78, 5) is 54.1. The third-order valence-corrected chi connectivity index (χ3v) is 5.19. The first-order valence-corrected chi connectivity index (χ1v) is 8.02. The lowest BCUT2D eigenvalue weighted by atomic mass is 10.2. The van der Waals surface area contributed by atoms with Crippen molar-refractivity contribution < 1.29 is 19.2 Å². The van der Waals surface area contributed by atoms with Crippen molar-refractivity contribution in [2.45, 2.75) is 37.6 Å². The number of rotatable bonds is 3. The summed E-state index contributed by atoms with van der Waals surface area (Å²) in [6, 6.07) is -1.51. The Bertz CT molecular complexity index is 670. The minimum Gasteiger partial charge on any atom is -0.314 e. The highest BCUT2D eigenvalue weighted by Crippen LogP contribution is 2.27. The van der Waals surface area contributed by atoms with E-state index in [1.165, 1.54) is 14.7 Å². The average Bonchev–Trinajstić information content (AvgIpc) is 3.22. The van der Waals surface area contributed by atoms with Gasteiger partial charge in [-0.15, -0.1) is 0 Å². The van der Waals surface area contributed by atoms with Gasteiger partial charge in [-0.3, -0.25) is 9.80 Å². The average molecular weight is 352 g/mol. The van der Waals surface area contributed by atoms with Crippen LogP contribution in [0.2, 0.25) is 0 Å². The van der Waals surface area contributed by atoms with Crippen LogP contribution in [0.15, 0.2) is 0 Å². The summed E-state index contributed by atoms with van der Waals surface area (Å²) in [5.74, 6) is 0. The standard InChI is InChI=1S/C13H20N8O4/c1-5(21-9-7(15-11(23)17-9)19(3)13(21)25)4-20-8-6(14-10(22)16-8)18(2)12(20)24/h5-9H,4H2,1-3H3,(H2,14,16,22)(H2,15,17,23). The van der Waals surface area contributed by atoms with Crippen molar-refractivity contribution in [3.05, 3.63) is 0 Å². The minimum absolute atomic E-state index is 0.227. The molecular formula is C13H20N8O4. The second-order valence-electron chi connectivity index (χ2n) is 6.71. The number of carbonyl (C=O) groups is 4. The molecule has 12 heteroatoms. The third kappa shape index (κ3) is 2.06. The van der Waals surface area contributed by atoms with Crippen LogP contribution in [0.25, 0.3) is 0 Å². The van der Waals surface area contributed by atoms with E-state index in [0.717, 1.165) is 0 Å². The number of urea groups is 4. The van der Waals surface area contributed by atoms with Gasteiger partial charge < -0.3 is 31.1 Å². The largest absolute Gasteiger partial charge is 0.323 e. The molecule has 0 bridgehead atoms. The maximum atomic E-state index is 12.5. The second-order valence-corrected chi connectivity index (χ2v) is 6.71. The van der Waals surface area contributed by atoms with Crippen molar-refractivity contribution in [1.29, 1.82) is 0 Å². The zero-order valence-electron chi connectivity index (χ0n) is 14.0. The van der Waals surface area contributed by atoms with Crippen LogP contribution >= 0.6 is 0 Å². The number of nitrogens with one attached hydrogen (secondary N) is 4. The molecule has 5 atom stereocenters. The van der Waals surface area contributed by atoms with Crippen molar-refractivity contribution in [3.63, 3.8) is 0 Å². The lowest BCUT2D eigenvalue weighted by Crippen LogP contribution is -2.54. The Hall–Kier alpha value is -2.92. The second kappa shape index (κ2) is 5.04. The molecule has 8 amide bonds. The normalized spacial score (nSPS) is 34.7. The van der Waals surface area contributed by atoms with E-state index in [2.05, 4.69) is 21.3 Å². The van der Waals surface area contributed by atoms with Crippen LogP contribution in [0.1, 0.15) is 6.92 Å². The van der Waals surface area contributed by atoms with Gasteiger partial charge in [-0.1, -0.05) is 0 Å². The number of fused-ring (bicyclic) bond motifs is 2. The Labute approximate surface area is 143 Å². The van der Waals surface area contributed by atoms with Gasteiger partial charge in [0.25, 0.3) is 0 Å². The maximum Gasteiger partial charge on any atom is 0.323 e. The predicted octanol–water partition coefficient (Wildman–Crippen LogP) is -1.96. The molecule has 4 N–H and O–H groups in total. The topological polar surface area (TPSA) is 129 Å². The Morgan fingerprint density at radius 1 is 0.800 bits per heavy atom. The lowest BCUT2D eigenvalue weighted by molar-refractivity contribution is 0.133. The van der Waals surface area contributed by atoms with Crippen LogP contribution in [0.5, 0.6) is 0 Å². The number of hydrogen-bond donors (Lipinski definition) is 4. The fraction of sp³-hybridized carbons (Fsp3) is 0.692. The summed E-state index contributed by atoms with van der Waals surface area (Å²) in [6.07, 6.45) is -1.87. The lowest BCUT2D eigenvalue weighted by Gasteiger charge is -2.32. The Kier molecular flexibility index (Phi) is 3.14. The molecule has 12 nitrogen and oxygen atoms in total. The molecule has 4 heterocycles. The Morgan fingerprint density at radius 2 is 1.28 bits per heavy atom. The van der Waals surface area contributed by atoms with Crippen LogP contribution in [0.4, 0.5) is 19.2 Å². The third-order valence-electron chi connectivity index (χ3n) is 5.19. The van der Waals surface area contributed by atoms with Gasteiger partial charge >= 0.3 is 24.1 Å². The van der Waals surface area contributed by atoms with E-state index in [1.54, 1.807) is 19.0 Å².